The molecule has 0 atom stereocenters. The predicted molar refractivity (Wildman–Crippen MR) is 67.5 cm³/mol. The minimum Gasteiger partial charge on any atom is -0.478 e. The van der Waals surface area contributed by atoms with Crippen molar-refractivity contribution in [3.8, 4) is 0 Å². The lowest BCUT2D eigenvalue weighted by Crippen LogP contribution is -2.12. The maximum absolute atomic E-state index is 12.2. The summed E-state index contributed by atoms with van der Waals surface area (Å²) in [6.45, 7) is 0. The first-order chi connectivity index (χ1) is 8.92. The molecule has 1 N–H and O–H groups in total. The summed E-state index contributed by atoms with van der Waals surface area (Å²) in [7, 11) is -2.07. The van der Waals surface area contributed by atoms with Crippen molar-refractivity contribution in [1.82, 2.24) is 9.78 Å². The maximum atomic E-state index is 12.2. The molecule has 0 saturated heterocycles. The molecule has 2 rings (SSSR count). The number of hydrogen-bond acceptors (Lipinski definition) is 4. The number of carboxylic acids is 1. The summed E-state index contributed by atoms with van der Waals surface area (Å²) >= 11 is 0. The average molecular weight is 280 g/mol. The van der Waals surface area contributed by atoms with E-state index >= 15 is 0 Å². The third kappa shape index (κ3) is 2.65. The number of aromatic nitrogens is 2. The Kier molecular flexibility index (Phi) is 3.39. The van der Waals surface area contributed by atoms with Gasteiger partial charge >= 0.3 is 5.97 Å². The Balaban J connectivity index is 2.42. The van der Waals surface area contributed by atoms with Gasteiger partial charge in [0, 0.05) is 7.05 Å². The van der Waals surface area contributed by atoms with Gasteiger partial charge in [0.15, 0.2) is 9.84 Å². The minimum atomic E-state index is -3.59. The zero-order valence-corrected chi connectivity index (χ0v) is 11.0. The number of aryl methyl sites for hydroxylation is 1. The third-order valence-corrected chi connectivity index (χ3v) is 4.36. The van der Waals surface area contributed by atoms with Gasteiger partial charge in [-0.25, -0.2) is 13.2 Å². The van der Waals surface area contributed by atoms with Crippen LogP contribution in [-0.4, -0.2) is 29.3 Å². The van der Waals surface area contributed by atoms with Crippen LogP contribution < -0.4 is 0 Å². The lowest BCUT2D eigenvalue weighted by molar-refractivity contribution is 0.0696. The fraction of sp³-hybridized carbons (Fsp3) is 0.167. The quantitative estimate of drug-likeness (QED) is 0.905. The third-order valence-electron chi connectivity index (χ3n) is 2.72. The Hall–Kier alpha value is -2.15. The lowest BCUT2D eigenvalue weighted by Gasteiger charge is -2.06. The van der Waals surface area contributed by atoms with E-state index in [9.17, 15) is 13.2 Å². The molecule has 0 amide bonds. The van der Waals surface area contributed by atoms with E-state index in [1.54, 1.807) is 18.2 Å². The highest BCUT2D eigenvalue weighted by Gasteiger charge is 2.22. The number of carbonyl (C=O) groups is 1. The highest BCUT2D eigenvalue weighted by atomic mass is 32.2. The maximum Gasteiger partial charge on any atom is 0.339 e. The Morgan fingerprint density at radius 1 is 1.32 bits per heavy atom. The zero-order chi connectivity index (χ0) is 14.0. The molecule has 100 valence electrons. The van der Waals surface area contributed by atoms with Crippen molar-refractivity contribution in [2.45, 2.75) is 10.6 Å². The Bertz CT molecular complexity index is 705. The van der Waals surface area contributed by atoms with Crippen LogP contribution in [0.15, 0.2) is 41.4 Å². The number of sulfone groups is 1. The number of nitrogens with zero attached hydrogens (tertiary/aromatic N) is 2. The first kappa shape index (κ1) is 13.3. The number of carboxylic acid groups (broad SMARTS) is 1. The van der Waals surface area contributed by atoms with Gasteiger partial charge in [0.05, 0.1) is 22.5 Å². The lowest BCUT2D eigenvalue weighted by atomic mass is 10.3. The van der Waals surface area contributed by atoms with Crippen LogP contribution in [0.4, 0.5) is 0 Å². The standard InChI is InChI=1S/C12H12N2O4S/c1-14-11(10(7-13-14)12(15)16)8-19(17,18)9-5-3-2-4-6-9/h2-7H,8H2,1H3,(H,15,16). The molecule has 0 aliphatic heterocycles. The summed E-state index contributed by atoms with van der Waals surface area (Å²) in [5, 5.41) is 12.8. The fourth-order valence-electron chi connectivity index (χ4n) is 1.70. The Morgan fingerprint density at radius 3 is 2.53 bits per heavy atom. The van der Waals surface area contributed by atoms with Crippen LogP contribution in [0.1, 0.15) is 16.1 Å². The second-order valence-corrected chi connectivity index (χ2v) is 6.00. The van der Waals surface area contributed by atoms with E-state index < -0.39 is 21.6 Å². The van der Waals surface area contributed by atoms with Gasteiger partial charge in [-0.05, 0) is 12.1 Å². The molecular weight excluding hydrogens is 268 g/mol. The van der Waals surface area contributed by atoms with Crippen molar-refractivity contribution >= 4 is 15.8 Å². The van der Waals surface area contributed by atoms with Crippen LogP contribution >= 0.6 is 0 Å². The summed E-state index contributed by atoms with van der Waals surface area (Å²) in [4.78, 5) is 11.2. The van der Waals surface area contributed by atoms with Crippen molar-refractivity contribution in [2.75, 3.05) is 0 Å². The number of rotatable bonds is 4. The summed E-state index contributed by atoms with van der Waals surface area (Å²) < 4.78 is 25.7. The largest absolute Gasteiger partial charge is 0.478 e. The molecule has 7 heteroatoms. The molecule has 1 aromatic heterocycles. The smallest absolute Gasteiger partial charge is 0.339 e. The van der Waals surface area contributed by atoms with Gasteiger partial charge in [-0.15, -0.1) is 0 Å². The summed E-state index contributed by atoms with van der Waals surface area (Å²) in [6.07, 6.45) is 1.15. The molecule has 0 aliphatic carbocycles. The molecular formula is C12H12N2O4S. The van der Waals surface area contributed by atoms with E-state index in [4.69, 9.17) is 5.11 Å². The molecule has 0 unspecified atom stereocenters. The van der Waals surface area contributed by atoms with E-state index in [2.05, 4.69) is 5.10 Å². The second kappa shape index (κ2) is 4.85. The molecule has 0 radical (unpaired) electrons. The molecule has 1 aromatic carbocycles. The van der Waals surface area contributed by atoms with Gasteiger partial charge in [-0.3, -0.25) is 4.68 Å². The molecule has 0 aliphatic rings. The van der Waals surface area contributed by atoms with Gasteiger partial charge in [-0.2, -0.15) is 5.10 Å². The number of benzene rings is 1. The molecule has 0 fully saturated rings. The van der Waals surface area contributed by atoms with E-state index in [1.165, 1.54) is 23.9 Å². The SMILES string of the molecule is Cn1ncc(C(=O)O)c1CS(=O)(=O)c1ccccc1. The molecule has 19 heavy (non-hydrogen) atoms. The van der Waals surface area contributed by atoms with Crippen LogP contribution in [0.3, 0.4) is 0 Å². The Labute approximate surface area is 110 Å². The van der Waals surface area contributed by atoms with E-state index in [1.807, 2.05) is 0 Å². The van der Waals surface area contributed by atoms with Crippen molar-refractivity contribution in [2.24, 2.45) is 7.05 Å². The molecule has 2 aromatic rings. The van der Waals surface area contributed by atoms with Crippen LogP contribution in [0, 0.1) is 0 Å². The van der Waals surface area contributed by atoms with Gasteiger partial charge in [-0.1, -0.05) is 18.2 Å². The van der Waals surface area contributed by atoms with Gasteiger partial charge in [0.25, 0.3) is 0 Å². The molecule has 0 saturated carbocycles. The monoisotopic (exact) mass is 280 g/mol. The van der Waals surface area contributed by atoms with Crippen LogP contribution in [0.5, 0.6) is 0 Å². The van der Waals surface area contributed by atoms with Gasteiger partial charge in [0.2, 0.25) is 0 Å². The number of hydrogen-bond donors (Lipinski definition) is 1. The minimum absolute atomic E-state index is 0.0954. The van der Waals surface area contributed by atoms with E-state index in [0.717, 1.165) is 6.20 Å². The van der Waals surface area contributed by atoms with Crippen molar-refractivity contribution in [3.63, 3.8) is 0 Å². The molecule has 0 bridgehead atoms. The first-order valence-corrected chi connectivity index (χ1v) is 7.09. The van der Waals surface area contributed by atoms with Crippen molar-refractivity contribution < 1.29 is 18.3 Å². The summed E-state index contributed by atoms with van der Waals surface area (Å²) in [6, 6.07) is 7.91. The highest BCUT2D eigenvalue weighted by Crippen LogP contribution is 2.18. The van der Waals surface area contributed by atoms with Crippen LogP contribution in [0.25, 0.3) is 0 Å². The highest BCUT2D eigenvalue weighted by molar-refractivity contribution is 7.90. The van der Waals surface area contributed by atoms with Crippen molar-refractivity contribution in [1.29, 1.82) is 0 Å². The van der Waals surface area contributed by atoms with Gasteiger partial charge in [0.1, 0.15) is 5.56 Å². The summed E-state index contributed by atoms with van der Waals surface area (Å²) in [5.41, 5.74) is 0.0679. The van der Waals surface area contributed by atoms with Gasteiger partial charge < -0.3 is 5.11 Å². The topological polar surface area (TPSA) is 89.3 Å². The second-order valence-electron chi connectivity index (χ2n) is 4.01. The molecule has 1 heterocycles. The predicted octanol–water partition coefficient (Wildman–Crippen LogP) is 1.09. The molecule has 0 spiro atoms. The zero-order valence-electron chi connectivity index (χ0n) is 10.1. The van der Waals surface area contributed by atoms with Crippen LogP contribution in [-0.2, 0) is 22.6 Å². The first-order valence-electron chi connectivity index (χ1n) is 5.44. The summed E-state index contributed by atoms with van der Waals surface area (Å²) in [5.74, 6) is -1.58. The van der Waals surface area contributed by atoms with E-state index in [-0.39, 0.29) is 16.2 Å². The van der Waals surface area contributed by atoms with E-state index in [0.29, 0.717) is 0 Å². The fourth-order valence-corrected chi connectivity index (χ4v) is 3.14. The van der Waals surface area contributed by atoms with Crippen molar-refractivity contribution in [3.05, 3.63) is 47.8 Å². The number of aromatic carboxylic acids is 1. The normalized spacial score (nSPS) is 11.4. The van der Waals surface area contributed by atoms with Crippen LogP contribution in [0.2, 0.25) is 0 Å². The Morgan fingerprint density at radius 2 is 1.95 bits per heavy atom. The molecule has 6 nitrogen and oxygen atoms in total. The average Bonchev–Trinajstić information content (AvgIpc) is 2.72.